The van der Waals surface area contributed by atoms with E-state index < -0.39 is 0 Å². The number of aryl methyl sites for hydroxylation is 1. The summed E-state index contributed by atoms with van der Waals surface area (Å²) < 4.78 is 5.44. The third-order valence-electron chi connectivity index (χ3n) is 4.54. The average Bonchev–Trinajstić information content (AvgIpc) is 3.20. The van der Waals surface area contributed by atoms with Crippen molar-refractivity contribution >= 4 is 17.2 Å². The zero-order valence-corrected chi connectivity index (χ0v) is 13.8. The molecule has 6 heteroatoms. The molecule has 0 spiro atoms. The molecule has 1 aromatic heterocycles. The van der Waals surface area contributed by atoms with Crippen LogP contribution < -0.4 is 5.32 Å². The molecule has 0 bridgehead atoms. The number of amides is 1. The number of carbonyl (C=O) groups is 1. The van der Waals surface area contributed by atoms with Crippen LogP contribution in [0.25, 0.3) is 0 Å². The van der Waals surface area contributed by atoms with E-state index in [-0.39, 0.29) is 5.91 Å². The second-order valence-electron chi connectivity index (χ2n) is 6.30. The highest BCUT2D eigenvalue weighted by molar-refractivity contribution is 7.09. The predicted molar refractivity (Wildman–Crippen MR) is 87.0 cm³/mol. The largest absolute Gasteiger partial charge is 0.381 e. The molecule has 0 saturated carbocycles. The maximum atomic E-state index is 12.0. The number of hydrogen-bond donors (Lipinski definition) is 1. The van der Waals surface area contributed by atoms with E-state index in [1.165, 1.54) is 6.42 Å². The zero-order chi connectivity index (χ0) is 15.2. The van der Waals surface area contributed by atoms with Crippen LogP contribution in [0.5, 0.6) is 0 Å². The number of nitrogens with one attached hydrogen (secondary N) is 1. The van der Waals surface area contributed by atoms with Gasteiger partial charge in [0.25, 0.3) is 0 Å². The summed E-state index contributed by atoms with van der Waals surface area (Å²) in [5.41, 5.74) is 0. The van der Waals surface area contributed by atoms with E-state index in [4.69, 9.17) is 4.74 Å². The van der Waals surface area contributed by atoms with Crippen LogP contribution >= 0.6 is 11.3 Å². The van der Waals surface area contributed by atoms with E-state index in [2.05, 4.69) is 15.2 Å². The van der Waals surface area contributed by atoms with E-state index >= 15 is 0 Å². The summed E-state index contributed by atoms with van der Waals surface area (Å²) >= 11 is 1.62. The lowest BCUT2D eigenvalue weighted by atomic mass is 10.0. The molecule has 1 aromatic rings. The third kappa shape index (κ3) is 4.76. The number of carbonyl (C=O) groups excluding carboxylic acids is 1. The van der Waals surface area contributed by atoms with E-state index in [0.29, 0.717) is 18.4 Å². The number of likely N-dealkylation sites (tertiary alicyclic amines) is 1. The first kappa shape index (κ1) is 15.9. The summed E-state index contributed by atoms with van der Waals surface area (Å²) in [4.78, 5) is 18.7. The van der Waals surface area contributed by atoms with Gasteiger partial charge >= 0.3 is 0 Å². The van der Waals surface area contributed by atoms with Gasteiger partial charge in [-0.1, -0.05) is 0 Å². The van der Waals surface area contributed by atoms with Crippen molar-refractivity contribution in [3.63, 3.8) is 0 Å². The number of piperidine rings is 1. The molecule has 2 aliphatic rings. The van der Waals surface area contributed by atoms with Gasteiger partial charge in [0.15, 0.2) is 0 Å². The Balaban J connectivity index is 1.32. The van der Waals surface area contributed by atoms with Gasteiger partial charge in [-0.05, 0) is 25.2 Å². The van der Waals surface area contributed by atoms with Crippen LogP contribution in [0.15, 0.2) is 11.6 Å². The minimum absolute atomic E-state index is 0.165. The number of nitrogens with zero attached hydrogens (tertiary/aromatic N) is 2. The van der Waals surface area contributed by atoms with Crippen LogP contribution in [0.4, 0.5) is 0 Å². The number of aromatic nitrogens is 1. The molecular formula is C16H25N3O2S. The molecule has 0 aromatic carbocycles. The van der Waals surface area contributed by atoms with Crippen LogP contribution in [0.2, 0.25) is 0 Å². The SMILES string of the molecule is O=C(CCc1nccs1)NC1CCN(CC2CCOC2)CC1. The van der Waals surface area contributed by atoms with Crippen molar-refractivity contribution in [2.24, 2.45) is 5.92 Å². The van der Waals surface area contributed by atoms with Crippen molar-refractivity contribution in [3.05, 3.63) is 16.6 Å². The Morgan fingerprint density at radius 2 is 2.27 bits per heavy atom. The lowest BCUT2D eigenvalue weighted by molar-refractivity contribution is -0.122. The summed E-state index contributed by atoms with van der Waals surface area (Å²) in [5.74, 6) is 0.877. The first-order valence-electron chi connectivity index (χ1n) is 8.27. The second-order valence-corrected chi connectivity index (χ2v) is 7.28. The summed E-state index contributed by atoms with van der Waals surface area (Å²) in [6.45, 7) is 5.19. The molecule has 22 heavy (non-hydrogen) atoms. The minimum atomic E-state index is 0.165. The molecule has 1 atom stereocenters. The molecule has 0 radical (unpaired) electrons. The van der Waals surface area contributed by atoms with Gasteiger partial charge in [0.1, 0.15) is 0 Å². The molecule has 2 aliphatic heterocycles. The quantitative estimate of drug-likeness (QED) is 0.866. The van der Waals surface area contributed by atoms with Crippen molar-refractivity contribution in [2.45, 2.75) is 38.1 Å². The van der Waals surface area contributed by atoms with Crippen molar-refractivity contribution in [1.82, 2.24) is 15.2 Å². The van der Waals surface area contributed by atoms with Crippen molar-refractivity contribution < 1.29 is 9.53 Å². The Bertz CT molecular complexity index is 452. The Morgan fingerprint density at radius 3 is 2.95 bits per heavy atom. The molecule has 1 amide bonds. The molecular weight excluding hydrogens is 298 g/mol. The lowest BCUT2D eigenvalue weighted by Gasteiger charge is -2.33. The van der Waals surface area contributed by atoms with E-state index in [1.54, 1.807) is 17.5 Å². The van der Waals surface area contributed by atoms with Gasteiger partial charge in [-0.15, -0.1) is 11.3 Å². The summed E-state index contributed by atoms with van der Waals surface area (Å²) in [7, 11) is 0. The normalized spacial score (nSPS) is 23.7. The Hall–Kier alpha value is -0.980. The first-order valence-corrected chi connectivity index (χ1v) is 9.15. The van der Waals surface area contributed by atoms with Gasteiger partial charge in [-0.25, -0.2) is 4.98 Å². The van der Waals surface area contributed by atoms with Crippen molar-refractivity contribution in [1.29, 1.82) is 0 Å². The molecule has 3 heterocycles. The monoisotopic (exact) mass is 323 g/mol. The summed E-state index contributed by atoms with van der Waals surface area (Å²) in [6.07, 6.45) is 6.43. The average molecular weight is 323 g/mol. The molecule has 3 rings (SSSR count). The molecule has 2 fully saturated rings. The first-order chi connectivity index (χ1) is 10.8. The van der Waals surface area contributed by atoms with Crippen LogP contribution in [-0.2, 0) is 16.0 Å². The van der Waals surface area contributed by atoms with Gasteiger partial charge in [0, 0.05) is 56.7 Å². The van der Waals surface area contributed by atoms with Gasteiger partial charge in [0.2, 0.25) is 5.91 Å². The number of thiazole rings is 1. The highest BCUT2D eigenvalue weighted by atomic mass is 32.1. The maximum Gasteiger partial charge on any atom is 0.220 e. The third-order valence-corrected chi connectivity index (χ3v) is 5.38. The molecule has 5 nitrogen and oxygen atoms in total. The fraction of sp³-hybridized carbons (Fsp3) is 0.750. The van der Waals surface area contributed by atoms with Gasteiger partial charge in [-0.2, -0.15) is 0 Å². The maximum absolute atomic E-state index is 12.0. The standard InChI is InChI=1S/C16H25N3O2S/c20-15(1-2-16-17-6-10-22-16)18-14-3-7-19(8-4-14)11-13-5-9-21-12-13/h6,10,13-14H,1-5,7-9,11-12H2,(H,18,20). The van der Waals surface area contributed by atoms with Crippen LogP contribution in [0, 0.1) is 5.92 Å². The second kappa shape index (κ2) is 8.04. The summed E-state index contributed by atoms with van der Waals surface area (Å²) in [6, 6.07) is 0.347. The topological polar surface area (TPSA) is 54.5 Å². The number of rotatable bonds is 6. The van der Waals surface area contributed by atoms with Gasteiger partial charge in [-0.3, -0.25) is 4.79 Å². The van der Waals surface area contributed by atoms with Crippen molar-refractivity contribution in [3.8, 4) is 0 Å². The zero-order valence-electron chi connectivity index (χ0n) is 13.0. The summed E-state index contributed by atoms with van der Waals surface area (Å²) in [5, 5.41) is 6.18. The smallest absolute Gasteiger partial charge is 0.220 e. The highest BCUT2D eigenvalue weighted by Gasteiger charge is 2.24. The van der Waals surface area contributed by atoms with E-state index in [9.17, 15) is 4.79 Å². The molecule has 122 valence electrons. The molecule has 0 aliphatic carbocycles. The Kier molecular flexibility index (Phi) is 5.81. The lowest BCUT2D eigenvalue weighted by Crippen LogP contribution is -2.45. The van der Waals surface area contributed by atoms with Crippen LogP contribution in [0.3, 0.4) is 0 Å². The van der Waals surface area contributed by atoms with Crippen molar-refractivity contribution in [2.75, 3.05) is 32.8 Å². The minimum Gasteiger partial charge on any atom is -0.381 e. The Labute approximate surface area is 136 Å². The Morgan fingerprint density at radius 1 is 1.41 bits per heavy atom. The highest BCUT2D eigenvalue weighted by Crippen LogP contribution is 2.18. The molecule has 1 N–H and O–H groups in total. The molecule has 2 saturated heterocycles. The fourth-order valence-electron chi connectivity index (χ4n) is 3.25. The fourth-order valence-corrected chi connectivity index (χ4v) is 3.87. The van der Waals surface area contributed by atoms with Gasteiger partial charge < -0.3 is 15.0 Å². The van der Waals surface area contributed by atoms with Crippen LogP contribution in [0.1, 0.15) is 30.7 Å². The van der Waals surface area contributed by atoms with Gasteiger partial charge in [0.05, 0.1) is 11.6 Å². The predicted octanol–water partition coefficient (Wildman–Crippen LogP) is 1.69. The molecule has 1 unspecified atom stereocenters. The van der Waals surface area contributed by atoms with E-state index in [1.807, 2.05) is 5.38 Å². The van der Waals surface area contributed by atoms with E-state index in [0.717, 1.165) is 57.1 Å². The van der Waals surface area contributed by atoms with Crippen LogP contribution in [-0.4, -0.2) is 54.7 Å². The number of hydrogen-bond acceptors (Lipinski definition) is 5. The number of ether oxygens (including phenoxy) is 1.